The number of nitrogens with zero attached hydrogens (tertiary/aromatic N) is 3. The fourth-order valence-corrected chi connectivity index (χ4v) is 2.05. The summed E-state index contributed by atoms with van der Waals surface area (Å²) >= 11 is 0. The van der Waals surface area contributed by atoms with E-state index in [-0.39, 0.29) is 0 Å². The van der Waals surface area contributed by atoms with Crippen LogP contribution in [0.15, 0.2) is 24.4 Å². The minimum atomic E-state index is -5.08. The van der Waals surface area contributed by atoms with E-state index >= 15 is 0 Å². The molecular formula is C14H10F5N5O3. The Morgan fingerprint density at radius 1 is 1.19 bits per heavy atom. The van der Waals surface area contributed by atoms with Crippen LogP contribution in [-0.4, -0.2) is 32.6 Å². The van der Waals surface area contributed by atoms with Gasteiger partial charge in [-0.3, -0.25) is 9.48 Å². The van der Waals surface area contributed by atoms with Crippen LogP contribution in [0, 0.1) is 11.6 Å². The van der Waals surface area contributed by atoms with Crippen molar-refractivity contribution < 1.29 is 36.3 Å². The molecule has 0 radical (unpaired) electrons. The lowest BCUT2D eigenvalue weighted by molar-refractivity contribution is -0.141. The molecule has 0 aliphatic rings. The second-order valence-electron chi connectivity index (χ2n) is 5.07. The van der Waals surface area contributed by atoms with Gasteiger partial charge in [-0.05, 0) is 12.1 Å². The van der Waals surface area contributed by atoms with E-state index in [0.717, 1.165) is 25.2 Å². The summed E-state index contributed by atoms with van der Waals surface area (Å²) in [7, 11) is 1.06. The maximum absolute atomic E-state index is 13.6. The van der Waals surface area contributed by atoms with Crippen LogP contribution in [0.4, 0.5) is 37.2 Å². The first-order chi connectivity index (χ1) is 12.4. The highest BCUT2D eigenvalue weighted by molar-refractivity contribution is 6.18. The third-order valence-corrected chi connectivity index (χ3v) is 3.15. The Morgan fingerprint density at radius 2 is 1.74 bits per heavy atom. The predicted octanol–water partition coefficient (Wildman–Crippen LogP) is 2.47. The standard InChI is InChI=1S/C14H10F5N5O3/c1-23-5-6(10(22-23)14(17,18)19)11(25)24(12(20)26)13(27)21-9-7(15)3-2-4-8(9)16/h2-5H,1H3,(H2,20,26)(H,21,27). The van der Waals surface area contributed by atoms with Crippen molar-refractivity contribution in [1.82, 2.24) is 14.7 Å². The quantitative estimate of drug-likeness (QED) is 0.767. The summed E-state index contributed by atoms with van der Waals surface area (Å²) in [5.74, 6) is -4.28. The number of benzene rings is 1. The third kappa shape index (κ3) is 4.02. The number of nitrogens with two attached hydrogens (primary N) is 1. The molecule has 0 saturated heterocycles. The van der Waals surface area contributed by atoms with E-state index in [4.69, 9.17) is 5.73 Å². The molecule has 8 nitrogen and oxygen atoms in total. The molecule has 5 amide bonds. The van der Waals surface area contributed by atoms with Gasteiger partial charge in [-0.2, -0.15) is 23.2 Å². The van der Waals surface area contributed by atoms with Crippen LogP contribution in [0.5, 0.6) is 0 Å². The Balaban J connectivity index is 2.42. The van der Waals surface area contributed by atoms with Gasteiger partial charge in [-0.1, -0.05) is 6.07 Å². The monoisotopic (exact) mass is 391 g/mol. The Labute approximate surface area is 147 Å². The van der Waals surface area contributed by atoms with E-state index < -0.39 is 57.6 Å². The first kappa shape index (κ1) is 19.8. The lowest BCUT2D eigenvalue weighted by atomic mass is 10.2. The number of primary amides is 1. The van der Waals surface area contributed by atoms with E-state index in [0.29, 0.717) is 10.9 Å². The molecule has 144 valence electrons. The lowest BCUT2D eigenvalue weighted by Crippen LogP contribution is -2.47. The van der Waals surface area contributed by atoms with Crippen molar-refractivity contribution in [3.63, 3.8) is 0 Å². The summed E-state index contributed by atoms with van der Waals surface area (Å²) in [6.45, 7) is 0. The minimum absolute atomic E-state index is 0.432. The first-order valence-electron chi connectivity index (χ1n) is 6.93. The summed E-state index contributed by atoms with van der Waals surface area (Å²) < 4.78 is 66.7. The largest absolute Gasteiger partial charge is 0.435 e. The number of carbonyl (C=O) groups is 3. The number of aromatic nitrogens is 2. The van der Waals surface area contributed by atoms with Crippen LogP contribution in [0.1, 0.15) is 16.1 Å². The molecule has 0 saturated carbocycles. The number of hydrogen-bond donors (Lipinski definition) is 2. The molecule has 27 heavy (non-hydrogen) atoms. The van der Waals surface area contributed by atoms with Crippen LogP contribution in [0.3, 0.4) is 0 Å². The number of anilines is 1. The number of aryl methyl sites for hydroxylation is 1. The number of carbonyl (C=O) groups excluding carboxylic acids is 3. The summed E-state index contributed by atoms with van der Waals surface area (Å²) in [5.41, 5.74) is 1.02. The highest BCUT2D eigenvalue weighted by atomic mass is 19.4. The fraction of sp³-hybridized carbons (Fsp3) is 0.143. The molecule has 0 bridgehead atoms. The zero-order valence-electron chi connectivity index (χ0n) is 13.3. The molecule has 0 unspecified atom stereocenters. The molecule has 2 rings (SSSR count). The van der Waals surface area contributed by atoms with Gasteiger partial charge >= 0.3 is 18.2 Å². The number of imide groups is 3. The Hall–Kier alpha value is -3.51. The molecule has 1 aromatic carbocycles. The van der Waals surface area contributed by atoms with Gasteiger partial charge in [0.15, 0.2) is 5.69 Å². The van der Waals surface area contributed by atoms with Crippen molar-refractivity contribution >= 4 is 23.7 Å². The van der Waals surface area contributed by atoms with Crippen LogP contribution in [0.2, 0.25) is 0 Å². The van der Waals surface area contributed by atoms with Crippen LogP contribution in [-0.2, 0) is 13.2 Å². The van der Waals surface area contributed by atoms with Gasteiger partial charge in [-0.15, -0.1) is 0 Å². The minimum Gasteiger partial charge on any atom is -0.351 e. The number of halogens is 5. The Kier molecular flexibility index (Phi) is 5.14. The summed E-state index contributed by atoms with van der Waals surface area (Å²) in [5, 5.41) is 4.64. The highest BCUT2D eigenvalue weighted by Gasteiger charge is 2.42. The highest BCUT2D eigenvalue weighted by Crippen LogP contribution is 2.31. The second kappa shape index (κ2) is 7.01. The van der Waals surface area contributed by atoms with Crippen molar-refractivity contribution in [3.05, 3.63) is 47.3 Å². The van der Waals surface area contributed by atoms with Crippen LogP contribution >= 0.6 is 0 Å². The molecule has 0 atom stereocenters. The molecule has 13 heteroatoms. The summed E-state index contributed by atoms with van der Waals surface area (Å²) in [6, 6.07) is -1.03. The lowest BCUT2D eigenvalue weighted by Gasteiger charge is -2.18. The van der Waals surface area contributed by atoms with Crippen LogP contribution < -0.4 is 11.1 Å². The molecule has 0 spiro atoms. The zero-order valence-corrected chi connectivity index (χ0v) is 13.3. The van der Waals surface area contributed by atoms with E-state index in [9.17, 15) is 36.3 Å². The number of amides is 5. The number of nitrogens with one attached hydrogen (secondary N) is 1. The van der Waals surface area contributed by atoms with E-state index in [1.807, 2.05) is 0 Å². The second-order valence-corrected chi connectivity index (χ2v) is 5.07. The molecule has 1 heterocycles. The van der Waals surface area contributed by atoms with Gasteiger partial charge in [0.2, 0.25) is 0 Å². The molecule has 1 aromatic heterocycles. The molecule has 3 N–H and O–H groups in total. The van der Waals surface area contributed by atoms with E-state index in [1.165, 1.54) is 0 Å². The van der Waals surface area contributed by atoms with Crippen molar-refractivity contribution in [2.75, 3.05) is 5.32 Å². The van der Waals surface area contributed by atoms with Gasteiger partial charge in [0.1, 0.15) is 17.3 Å². The van der Waals surface area contributed by atoms with Crippen molar-refractivity contribution in [2.24, 2.45) is 12.8 Å². The number of rotatable bonds is 2. The zero-order chi connectivity index (χ0) is 20.5. The van der Waals surface area contributed by atoms with E-state index in [2.05, 4.69) is 5.10 Å². The molecule has 0 fully saturated rings. The number of alkyl halides is 3. The average molecular weight is 391 g/mol. The smallest absolute Gasteiger partial charge is 0.351 e. The summed E-state index contributed by atoms with van der Waals surface area (Å²) in [6.07, 6.45) is -4.47. The average Bonchev–Trinajstić information content (AvgIpc) is 2.93. The van der Waals surface area contributed by atoms with Gasteiger partial charge in [0, 0.05) is 13.2 Å². The number of hydrogen-bond acceptors (Lipinski definition) is 4. The maximum Gasteiger partial charge on any atom is 0.435 e. The maximum atomic E-state index is 13.6. The third-order valence-electron chi connectivity index (χ3n) is 3.15. The molecule has 0 aliphatic heterocycles. The van der Waals surface area contributed by atoms with Crippen molar-refractivity contribution in [1.29, 1.82) is 0 Å². The number of urea groups is 2. The molecule has 2 aromatic rings. The Morgan fingerprint density at radius 3 is 2.22 bits per heavy atom. The SMILES string of the molecule is Cn1cc(C(=O)N(C(N)=O)C(=O)Nc2c(F)cccc2F)c(C(F)(F)F)n1. The first-order valence-corrected chi connectivity index (χ1v) is 6.93. The fourth-order valence-electron chi connectivity index (χ4n) is 2.05. The normalized spacial score (nSPS) is 11.2. The van der Waals surface area contributed by atoms with Gasteiger partial charge in [-0.25, -0.2) is 18.4 Å². The predicted molar refractivity (Wildman–Crippen MR) is 79.3 cm³/mol. The molecular weight excluding hydrogens is 381 g/mol. The van der Waals surface area contributed by atoms with Gasteiger partial charge < -0.3 is 11.1 Å². The van der Waals surface area contributed by atoms with Crippen LogP contribution in [0.25, 0.3) is 0 Å². The Bertz CT molecular complexity index is 904. The summed E-state index contributed by atoms with van der Waals surface area (Å²) in [4.78, 5) is 35.4. The van der Waals surface area contributed by atoms with Crippen molar-refractivity contribution in [3.8, 4) is 0 Å². The van der Waals surface area contributed by atoms with Gasteiger partial charge in [0.05, 0.1) is 5.56 Å². The number of para-hydroxylation sites is 1. The van der Waals surface area contributed by atoms with Crippen molar-refractivity contribution in [2.45, 2.75) is 6.18 Å². The topological polar surface area (TPSA) is 110 Å². The van der Waals surface area contributed by atoms with E-state index in [1.54, 1.807) is 5.32 Å². The molecule has 0 aliphatic carbocycles. The van der Waals surface area contributed by atoms with Gasteiger partial charge in [0.25, 0.3) is 5.91 Å².